The Hall–Kier alpha value is -3.32. The number of halogens is 2. The van der Waals surface area contributed by atoms with E-state index in [4.69, 9.17) is 10.5 Å². The van der Waals surface area contributed by atoms with Crippen LogP contribution in [0.3, 0.4) is 0 Å². The van der Waals surface area contributed by atoms with Crippen molar-refractivity contribution < 1.29 is 18.3 Å². The SMILES string of the molecule is CC12Cc3cnn(-c4ccc(F)cc4)c3C=C1CC[C@]2(C)OCc1ccc(F)cc1C(N)=O. The minimum absolute atomic E-state index is 0.143. The fourth-order valence-corrected chi connectivity index (χ4v) is 5.18. The molecule has 7 heteroatoms. The van der Waals surface area contributed by atoms with Crippen LogP contribution < -0.4 is 5.73 Å². The van der Waals surface area contributed by atoms with E-state index in [2.05, 4.69) is 25.0 Å². The molecule has 0 bridgehead atoms. The molecule has 2 N–H and O–H groups in total. The first-order valence-corrected chi connectivity index (χ1v) is 11.0. The molecule has 5 rings (SSSR count). The van der Waals surface area contributed by atoms with Crippen LogP contribution in [-0.2, 0) is 17.8 Å². The van der Waals surface area contributed by atoms with Gasteiger partial charge in [-0.1, -0.05) is 18.6 Å². The van der Waals surface area contributed by atoms with E-state index in [0.717, 1.165) is 42.3 Å². The third-order valence-corrected chi connectivity index (χ3v) is 7.44. The standard InChI is InChI=1S/C26H25F2N3O2/c1-25-13-17-14-30-31(21-7-5-19(27)6-8-21)23(17)11-18(25)9-10-26(25,2)33-15-16-3-4-20(28)12-22(16)24(29)32/h3-8,11-12,14H,9-10,13,15H2,1-2H3,(H2,29,32)/t25?,26-/m0/s1. The molecular formula is C26H25F2N3O2. The highest BCUT2D eigenvalue weighted by Gasteiger charge is 2.54. The van der Waals surface area contributed by atoms with Crippen molar-refractivity contribution in [2.24, 2.45) is 11.1 Å². The molecule has 33 heavy (non-hydrogen) atoms. The van der Waals surface area contributed by atoms with Gasteiger partial charge in [0.25, 0.3) is 0 Å². The first kappa shape index (κ1) is 21.5. The number of hydrogen-bond acceptors (Lipinski definition) is 3. The van der Waals surface area contributed by atoms with Crippen LogP contribution in [0.2, 0.25) is 0 Å². The first-order valence-electron chi connectivity index (χ1n) is 11.0. The summed E-state index contributed by atoms with van der Waals surface area (Å²) in [6.07, 6.45) is 6.47. The van der Waals surface area contributed by atoms with Gasteiger partial charge >= 0.3 is 0 Å². The van der Waals surface area contributed by atoms with E-state index in [1.54, 1.807) is 18.2 Å². The number of amides is 1. The molecule has 1 amide bonds. The Bertz CT molecular complexity index is 1280. The zero-order chi connectivity index (χ0) is 23.4. The third kappa shape index (κ3) is 3.47. The molecule has 0 aliphatic heterocycles. The molecule has 2 aliphatic carbocycles. The lowest BCUT2D eigenvalue weighted by atomic mass is 9.68. The fraction of sp³-hybridized carbons (Fsp3) is 0.308. The summed E-state index contributed by atoms with van der Waals surface area (Å²) in [5.41, 5.74) is 9.60. The minimum atomic E-state index is -0.674. The van der Waals surface area contributed by atoms with E-state index in [9.17, 15) is 13.6 Å². The molecule has 1 saturated carbocycles. The van der Waals surface area contributed by atoms with Crippen molar-refractivity contribution in [2.45, 2.75) is 45.3 Å². The molecular weight excluding hydrogens is 424 g/mol. The second kappa shape index (κ2) is 7.63. The highest BCUT2D eigenvalue weighted by molar-refractivity contribution is 5.94. The van der Waals surface area contributed by atoms with E-state index >= 15 is 0 Å². The molecule has 3 aromatic rings. The maximum absolute atomic E-state index is 13.6. The zero-order valence-corrected chi connectivity index (χ0v) is 18.6. The predicted molar refractivity (Wildman–Crippen MR) is 121 cm³/mol. The number of carbonyl (C=O) groups is 1. The molecule has 2 aliphatic rings. The minimum Gasteiger partial charge on any atom is -0.370 e. The van der Waals surface area contributed by atoms with Crippen molar-refractivity contribution >= 4 is 12.0 Å². The van der Waals surface area contributed by atoms with Gasteiger partial charge < -0.3 is 10.5 Å². The zero-order valence-electron chi connectivity index (χ0n) is 18.6. The maximum atomic E-state index is 13.6. The second-order valence-electron chi connectivity index (χ2n) is 9.31. The van der Waals surface area contributed by atoms with Gasteiger partial charge in [0.1, 0.15) is 11.6 Å². The molecule has 0 spiro atoms. The van der Waals surface area contributed by atoms with Crippen molar-refractivity contribution in [3.05, 3.63) is 88.3 Å². The lowest BCUT2D eigenvalue weighted by Gasteiger charge is -2.43. The molecule has 0 saturated heterocycles. The number of nitrogens with zero attached hydrogens (tertiary/aromatic N) is 2. The van der Waals surface area contributed by atoms with Crippen LogP contribution in [0, 0.1) is 17.0 Å². The lowest BCUT2D eigenvalue weighted by molar-refractivity contribution is -0.0992. The molecule has 1 unspecified atom stereocenters. The lowest BCUT2D eigenvalue weighted by Crippen LogP contribution is -2.45. The van der Waals surface area contributed by atoms with Crippen molar-refractivity contribution in [3.63, 3.8) is 0 Å². The Balaban J connectivity index is 1.43. The third-order valence-electron chi connectivity index (χ3n) is 7.44. The molecule has 2 atom stereocenters. The van der Waals surface area contributed by atoms with Crippen LogP contribution >= 0.6 is 0 Å². The van der Waals surface area contributed by atoms with Crippen LogP contribution in [0.5, 0.6) is 0 Å². The molecule has 0 radical (unpaired) electrons. The number of fused-ring (bicyclic) bond motifs is 2. The molecule has 5 nitrogen and oxygen atoms in total. The van der Waals surface area contributed by atoms with E-state index in [0.29, 0.717) is 5.56 Å². The number of nitrogens with two attached hydrogens (primary N) is 1. The summed E-state index contributed by atoms with van der Waals surface area (Å²) in [6, 6.07) is 10.3. The molecule has 1 aromatic heterocycles. The van der Waals surface area contributed by atoms with Crippen molar-refractivity contribution in [1.29, 1.82) is 0 Å². The summed E-state index contributed by atoms with van der Waals surface area (Å²) in [5, 5.41) is 4.56. The molecule has 1 heterocycles. The molecule has 2 aromatic carbocycles. The van der Waals surface area contributed by atoms with Crippen molar-refractivity contribution in [1.82, 2.24) is 9.78 Å². The van der Waals surface area contributed by atoms with Gasteiger partial charge in [0.2, 0.25) is 5.91 Å². The normalized spacial score (nSPS) is 23.7. The number of primary amides is 1. The highest BCUT2D eigenvalue weighted by atomic mass is 19.1. The van der Waals surface area contributed by atoms with Crippen LogP contribution in [0.25, 0.3) is 11.8 Å². The second-order valence-corrected chi connectivity index (χ2v) is 9.31. The van der Waals surface area contributed by atoms with Crippen molar-refractivity contribution in [3.8, 4) is 5.69 Å². The van der Waals surface area contributed by atoms with Gasteiger partial charge in [0.15, 0.2) is 0 Å². The van der Waals surface area contributed by atoms with Crippen LogP contribution in [0.4, 0.5) is 8.78 Å². The van der Waals surface area contributed by atoms with Gasteiger partial charge in [0.05, 0.1) is 29.8 Å². The number of carbonyl (C=O) groups excluding carboxylic acids is 1. The summed E-state index contributed by atoms with van der Waals surface area (Å²) in [4.78, 5) is 11.8. The predicted octanol–water partition coefficient (Wildman–Crippen LogP) is 4.96. The molecule has 1 fully saturated rings. The monoisotopic (exact) mass is 449 g/mol. The Labute approximate surface area is 190 Å². The summed E-state index contributed by atoms with van der Waals surface area (Å²) in [5.74, 6) is -1.46. The van der Waals surface area contributed by atoms with E-state index in [1.165, 1.54) is 23.8 Å². The quantitative estimate of drug-likeness (QED) is 0.598. The number of hydrogen-bond donors (Lipinski definition) is 1. The summed E-state index contributed by atoms with van der Waals surface area (Å²) >= 11 is 0. The van der Waals surface area contributed by atoms with Crippen LogP contribution in [0.15, 0.2) is 54.2 Å². The Morgan fingerprint density at radius 1 is 1.15 bits per heavy atom. The van der Waals surface area contributed by atoms with Crippen LogP contribution in [0.1, 0.15) is 53.9 Å². The topological polar surface area (TPSA) is 70.1 Å². The van der Waals surface area contributed by atoms with Gasteiger partial charge in [0, 0.05) is 11.0 Å². The number of ether oxygens (including phenoxy) is 1. The van der Waals surface area contributed by atoms with Gasteiger partial charge in [-0.2, -0.15) is 5.10 Å². The van der Waals surface area contributed by atoms with Crippen LogP contribution in [-0.4, -0.2) is 21.3 Å². The fourth-order valence-electron chi connectivity index (χ4n) is 5.18. The Morgan fingerprint density at radius 2 is 1.88 bits per heavy atom. The summed E-state index contributed by atoms with van der Waals surface area (Å²) in [7, 11) is 0. The van der Waals surface area contributed by atoms with Gasteiger partial charge in [-0.3, -0.25) is 4.79 Å². The maximum Gasteiger partial charge on any atom is 0.249 e. The smallest absolute Gasteiger partial charge is 0.249 e. The van der Waals surface area contributed by atoms with Crippen molar-refractivity contribution in [2.75, 3.05) is 0 Å². The van der Waals surface area contributed by atoms with E-state index in [-0.39, 0.29) is 23.4 Å². The van der Waals surface area contributed by atoms with E-state index in [1.807, 2.05) is 10.9 Å². The van der Waals surface area contributed by atoms with E-state index < -0.39 is 17.3 Å². The van der Waals surface area contributed by atoms with Gasteiger partial charge in [-0.15, -0.1) is 0 Å². The average Bonchev–Trinajstić information content (AvgIpc) is 3.29. The van der Waals surface area contributed by atoms with Gasteiger partial charge in [-0.05, 0) is 79.8 Å². The largest absolute Gasteiger partial charge is 0.370 e. The highest BCUT2D eigenvalue weighted by Crippen LogP contribution is 2.57. The Morgan fingerprint density at radius 3 is 2.61 bits per heavy atom. The number of benzene rings is 2. The first-order chi connectivity index (χ1) is 15.7. The van der Waals surface area contributed by atoms with Gasteiger partial charge in [-0.25, -0.2) is 13.5 Å². The summed E-state index contributed by atoms with van der Waals surface area (Å²) < 4.78 is 35.3. The number of aromatic nitrogens is 2. The average molecular weight is 450 g/mol. The summed E-state index contributed by atoms with van der Waals surface area (Å²) in [6.45, 7) is 4.46. The number of rotatable bonds is 5. The Kier molecular flexibility index (Phi) is 4.97. The molecule has 170 valence electrons.